The molecule has 1 aliphatic rings. The lowest BCUT2D eigenvalue weighted by atomic mass is 10.1. The molecule has 1 unspecified atom stereocenters. The lowest BCUT2D eigenvalue weighted by Crippen LogP contribution is -2.14. The van der Waals surface area contributed by atoms with E-state index in [1.54, 1.807) is 6.07 Å². The molecule has 3 aromatic carbocycles. The van der Waals surface area contributed by atoms with Crippen LogP contribution < -0.4 is 9.47 Å². The van der Waals surface area contributed by atoms with Gasteiger partial charge in [-0.25, -0.2) is 4.79 Å². The maximum absolute atomic E-state index is 12.1. The maximum atomic E-state index is 12.1. The van der Waals surface area contributed by atoms with Gasteiger partial charge in [0, 0.05) is 18.1 Å². The van der Waals surface area contributed by atoms with E-state index in [-0.39, 0.29) is 19.3 Å². The van der Waals surface area contributed by atoms with Gasteiger partial charge in [0.05, 0.1) is 0 Å². The van der Waals surface area contributed by atoms with Crippen molar-refractivity contribution in [3.05, 3.63) is 78.0 Å². The normalized spacial score (nSPS) is 14.8. The van der Waals surface area contributed by atoms with Crippen LogP contribution in [0, 0.1) is 0 Å². The van der Waals surface area contributed by atoms with Gasteiger partial charge in [0.15, 0.2) is 12.4 Å². The van der Waals surface area contributed by atoms with Crippen LogP contribution in [0.1, 0.15) is 18.2 Å². The van der Waals surface area contributed by atoms with Gasteiger partial charge in [-0.05, 0) is 53.6 Å². The predicted octanol–water partition coefficient (Wildman–Crippen LogP) is 4.94. The third kappa shape index (κ3) is 4.23. The molecule has 2 heterocycles. The number of ether oxygens (including phenoxy) is 3. The Morgan fingerprint density at radius 3 is 2.84 bits per heavy atom. The fourth-order valence-electron chi connectivity index (χ4n) is 3.69. The van der Waals surface area contributed by atoms with E-state index < -0.39 is 5.97 Å². The molecule has 156 valence electrons. The smallest absolute Gasteiger partial charge is 0.344 e. The van der Waals surface area contributed by atoms with Gasteiger partial charge in [-0.15, -0.1) is 0 Å². The molecule has 0 N–H and O–H groups in total. The molecule has 31 heavy (non-hydrogen) atoms. The molecule has 0 bridgehead atoms. The molecule has 0 radical (unpaired) electrons. The number of aromatic nitrogens is 1. The van der Waals surface area contributed by atoms with Crippen LogP contribution in [0.2, 0.25) is 0 Å². The van der Waals surface area contributed by atoms with E-state index in [9.17, 15) is 4.79 Å². The predicted molar refractivity (Wildman–Crippen MR) is 115 cm³/mol. The van der Waals surface area contributed by atoms with Gasteiger partial charge in [-0.3, -0.25) is 0 Å². The van der Waals surface area contributed by atoms with Crippen molar-refractivity contribution in [2.24, 2.45) is 0 Å². The molecule has 1 atom stereocenters. The summed E-state index contributed by atoms with van der Waals surface area (Å²) in [6, 6.07) is 21.4. The van der Waals surface area contributed by atoms with E-state index >= 15 is 0 Å². The summed E-state index contributed by atoms with van der Waals surface area (Å²) in [5.74, 6) is 1.69. The zero-order valence-corrected chi connectivity index (χ0v) is 17.0. The summed E-state index contributed by atoms with van der Waals surface area (Å²) < 4.78 is 22.0. The molecule has 6 heteroatoms. The van der Waals surface area contributed by atoms with E-state index in [0.29, 0.717) is 17.2 Å². The molecule has 0 fully saturated rings. The van der Waals surface area contributed by atoms with Crippen LogP contribution in [0.3, 0.4) is 0 Å². The minimum absolute atomic E-state index is 0.0223. The number of nitrogens with zero attached hydrogens (tertiary/aromatic N) is 1. The summed E-state index contributed by atoms with van der Waals surface area (Å²) in [7, 11) is 0. The summed E-state index contributed by atoms with van der Waals surface area (Å²) in [5, 5.41) is 6.17. The Kier molecular flexibility index (Phi) is 5.04. The van der Waals surface area contributed by atoms with Crippen molar-refractivity contribution in [1.29, 1.82) is 0 Å². The van der Waals surface area contributed by atoms with E-state index in [1.165, 1.54) is 0 Å². The molecule has 5 rings (SSSR count). The molecule has 6 nitrogen and oxygen atoms in total. The van der Waals surface area contributed by atoms with Gasteiger partial charge in [0.25, 0.3) is 0 Å². The molecule has 0 spiro atoms. The first kappa shape index (κ1) is 19.2. The Hall–Kier alpha value is -3.80. The molecule has 1 aromatic heterocycles. The number of carbonyl (C=O) groups excluding carboxylic acids is 1. The van der Waals surface area contributed by atoms with Gasteiger partial charge >= 0.3 is 5.97 Å². The Balaban J connectivity index is 1.16. The van der Waals surface area contributed by atoms with Gasteiger partial charge in [-0.1, -0.05) is 35.5 Å². The van der Waals surface area contributed by atoms with Crippen molar-refractivity contribution in [3.63, 3.8) is 0 Å². The zero-order chi connectivity index (χ0) is 21.2. The van der Waals surface area contributed by atoms with Crippen LogP contribution in [0.4, 0.5) is 0 Å². The van der Waals surface area contributed by atoms with E-state index in [1.807, 2.05) is 67.6 Å². The highest BCUT2D eigenvalue weighted by Gasteiger charge is 2.20. The van der Waals surface area contributed by atoms with E-state index in [4.69, 9.17) is 18.7 Å². The molecule has 1 aliphatic heterocycles. The van der Waals surface area contributed by atoms with Crippen molar-refractivity contribution in [3.8, 4) is 22.8 Å². The summed E-state index contributed by atoms with van der Waals surface area (Å²) in [4.78, 5) is 12.1. The van der Waals surface area contributed by atoms with Crippen LogP contribution in [0.15, 0.2) is 71.3 Å². The number of hydrogen-bond acceptors (Lipinski definition) is 6. The van der Waals surface area contributed by atoms with Crippen LogP contribution >= 0.6 is 0 Å². The second-order valence-corrected chi connectivity index (χ2v) is 7.60. The van der Waals surface area contributed by atoms with Crippen LogP contribution in [0.25, 0.3) is 22.1 Å². The number of esters is 1. The highest BCUT2D eigenvalue weighted by atomic mass is 16.6. The molecule has 4 aromatic rings. The largest absolute Gasteiger partial charge is 0.490 e. The molecule has 0 amide bonds. The van der Waals surface area contributed by atoms with Crippen LogP contribution in [-0.4, -0.2) is 23.8 Å². The molecule has 0 aliphatic carbocycles. The highest BCUT2D eigenvalue weighted by molar-refractivity contribution is 5.83. The summed E-state index contributed by atoms with van der Waals surface area (Å²) in [6.07, 6.45) is 1.06. The fourth-order valence-corrected chi connectivity index (χ4v) is 3.69. The summed E-state index contributed by atoms with van der Waals surface area (Å²) >= 11 is 0. The first-order valence-electron chi connectivity index (χ1n) is 10.2. The van der Waals surface area contributed by atoms with Crippen molar-refractivity contribution in [1.82, 2.24) is 5.16 Å². The minimum atomic E-state index is -0.471. The Bertz CT molecular complexity index is 1250. The average Bonchev–Trinajstić information content (AvgIpc) is 3.41. The number of fused-ring (bicyclic) bond motifs is 2. The Morgan fingerprint density at radius 1 is 1.06 bits per heavy atom. The summed E-state index contributed by atoms with van der Waals surface area (Å²) in [6.45, 7) is 1.89. The van der Waals surface area contributed by atoms with E-state index in [2.05, 4.69) is 5.16 Å². The number of rotatable bonds is 6. The van der Waals surface area contributed by atoms with Crippen LogP contribution in [0.5, 0.6) is 11.5 Å². The highest BCUT2D eigenvalue weighted by Crippen LogP contribution is 2.33. The number of hydrogen-bond donors (Lipinski definition) is 0. The second kappa shape index (κ2) is 8.14. The van der Waals surface area contributed by atoms with Crippen LogP contribution in [-0.2, 0) is 22.6 Å². The van der Waals surface area contributed by atoms with Crippen molar-refractivity contribution < 1.29 is 23.5 Å². The molecule has 0 saturated carbocycles. The van der Waals surface area contributed by atoms with Crippen molar-refractivity contribution in [2.45, 2.75) is 26.1 Å². The standard InChI is InChI=1S/C25H21NO5/c1-16-10-20-11-19(7-9-23(20)30-16)24-13-21(26-31-24)14-29-25(27)15-28-22-8-6-17-4-2-3-5-18(17)12-22/h2-9,11-13,16H,10,14-15H2,1H3. The van der Waals surface area contributed by atoms with E-state index in [0.717, 1.165) is 34.1 Å². The Labute approximate surface area is 179 Å². The van der Waals surface area contributed by atoms with Gasteiger partial charge in [0.2, 0.25) is 0 Å². The van der Waals surface area contributed by atoms with Gasteiger partial charge in [-0.2, -0.15) is 0 Å². The lowest BCUT2D eigenvalue weighted by molar-refractivity contribution is -0.147. The monoisotopic (exact) mass is 415 g/mol. The quantitative estimate of drug-likeness (QED) is 0.416. The third-order valence-corrected chi connectivity index (χ3v) is 5.20. The topological polar surface area (TPSA) is 70.8 Å². The fraction of sp³-hybridized carbons (Fsp3) is 0.200. The lowest BCUT2D eigenvalue weighted by Gasteiger charge is -2.07. The Morgan fingerprint density at radius 2 is 1.94 bits per heavy atom. The molecular weight excluding hydrogens is 394 g/mol. The van der Waals surface area contributed by atoms with Crippen molar-refractivity contribution >= 4 is 16.7 Å². The number of benzene rings is 3. The first-order valence-corrected chi connectivity index (χ1v) is 10.2. The maximum Gasteiger partial charge on any atom is 0.344 e. The SMILES string of the molecule is CC1Cc2cc(-c3cc(COC(=O)COc4ccc5ccccc5c4)no3)ccc2O1. The van der Waals surface area contributed by atoms with Gasteiger partial charge < -0.3 is 18.7 Å². The zero-order valence-electron chi connectivity index (χ0n) is 17.0. The van der Waals surface area contributed by atoms with Gasteiger partial charge in [0.1, 0.15) is 29.9 Å². The first-order chi connectivity index (χ1) is 15.1. The molecular formula is C25H21NO5. The van der Waals surface area contributed by atoms with Crippen molar-refractivity contribution in [2.75, 3.05) is 6.61 Å². The second-order valence-electron chi connectivity index (χ2n) is 7.60. The third-order valence-electron chi connectivity index (χ3n) is 5.20. The average molecular weight is 415 g/mol. The minimum Gasteiger partial charge on any atom is -0.490 e. The summed E-state index contributed by atoms with van der Waals surface area (Å²) in [5.41, 5.74) is 2.61. The number of carbonyl (C=O) groups is 1. The molecule has 0 saturated heterocycles.